The molecular weight excluding hydrogens is 112 g/mol. The molecule has 0 aliphatic heterocycles. The molecule has 0 atom stereocenters. The van der Waals surface area contributed by atoms with Gasteiger partial charge in [0.05, 0.1) is 5.71 Å². The van der Waals surface area contributed by atoms with Crippen LogP contribution in [-0.2, 0) is 0 Å². The summed E-state index contributed by atoms with van der Waals surface area (Å²) in [4.78, 5) is 3.88. The van der Waals surface area contributed by atoms with Gasteiger partial charge in [-0.05, 0) is 19.4 Å². The van der Waals surface area contributed by atoms with Crippen molar-refractivity contribution < 1.29 is 0 Å². The van der Waals surface area contributed by atoms with E-state index in [-0.39, 0.29) is 0 Å². The predicted octanol–water partition coefficient (Wildman–Crippen LogP) is 1.67. The summed E-state index contributed by atoms with van der Waals surface area (Å²) in [5.74, 6) is 0. The maximum absolute atomic E-state index is 6.90. The first-order valence-corrected chi connectivity index (χ1v) is 2.86. The average molecular weight is 124 g/mol. The number of allylic oxidation sites excluding steroid dienone is 2. The number of nitrogens with zero attached hydrogens (tertiary/aromatic N) is 1. The topological polar surface area (TPSA) is 36.2 Å². The molecule has 0 radical (unpaired) electrons. The Kier molecular flexibility index (Phi) is 3.60. The number of aliphatic imine (C=N–C) groups is 1. The van der Waals surface area contributed by atoms with E-state index in [0.717, 1.165) is 11.3 Å². The second kappa shape index (κ2) is 4.01. The van der Waals surface area contributed by atoms with Gasteiger partial charge < -0.3 is 5.41 Å². The Labute approximate surface area is 55.8 Å². The molecule has 0 aromatic rings. The van der Waals surface area contributed by atoms with E-state index in [1.165, 1.54) is 6.21 Å². The molecular formula is C7H12N2. The van der Waals surface area contributed by atoms with E-state index in [0.29, 0.717) is 0 Å². The monoisotopic (exact) mass is 124 g/mol. The van der Waals surface area contributed by atoms with Crippen LogP contribution < -0.4 is 0 Å². The van der Waals surface area contributed by atoms with Crippen molar-refractivity contribution >= 4 is 11.9 Å². The number of rotatable bonds is 2. The molecule has 0 unspecified atom stereocenters. The average Bonchev–Trinajstić information content (AvgIpc) is 1.90. The van der Waals surface area contributed by atoms with Crippen molar-refractivity contribution in [1.82, 2.24) is 0 Å². The molecule has 0 saturated heterocycles. The highest BCUT2D eigenvalue weighted by molar-refractivity contribution is 6.36. The second-order valence-corrected chi connectivity index (χ2v) is 1.72. The van der Waals surface area contributed by atoms with E-state index in [4.69, 9.17) is 5.41 Å². The van der Waals surface area contributed by atoms with Gasteiger partial charge in [0.15, 0.2) is 0 Å². The first kappa shape index (κ1) is 8.08. The normalized spacial score (nSPS) is 13.7. The summed E-state index contributed by atoms with van der Waals surface area (Å²) in [6, 6.07) is 0. The minimum atomic E-state index is 0.748. The highest BCUT2D eigenvalue weighted by atomic mass is 14.7. The Balaban J connectivity index is 4.32. The van der Waals surface area contributed by atoms with E-state index < -0.39 is 0 Å². The van der Waals surface area contributed by atoms with Gasteiger partial charge in [0.2, 0.25) is 0 Å². The van der Waals surface area contributed by atoms with Gasteiger partial charge in [-0.2, -0.15) is 0 Å². The number of hydrogen-bond donors (Lipinski definition) is 1. The van der Waals surface area contributed by atoms with Gasteiger partial charge in [-0.3, -0.25) is 4.99 Å². The Morgan fingerprint density at radius 1 is 1.56 bits per heavy atom. The fraction of sp³-hybridized carbons (Fsp3) is 0.429. The van der Waals surface area contributed by atoms with Gasteiger partial charge in [0, 0.05) is 13.3 Å². The van der Waals surface area contributed by atoms with Crippen molar-refractivity contribution in [2.45, 2.75) is 13.8 Å². The Morgan fingerprint density at radius 3 is 2.22 bits per heavy atom. The lowest BCUT2D eigenvalue weighted by molar-refractivity contribution is 1.41. The van der Waals surface area contributed by atoms with Crippen molar-refractivity contribution in [2.75, 3.05) is 7.05 Å². The van der Waals surface area contributed by atoms with Crippen LogP contribution in [0.4, 0.5) is 0 Å². The number of hydrogen-bond acceptors (Lipinski definition) is 2. The third kappa shape index (κ3) is 2.22. The molecule has 0 fully saturated rings. The summed E-state index contributed by atoms with van der Waals surface area (Å²) >= 11 is 0. The first-order valence-electron chi connectivity index (χ1n) is 2.86. The molecule has 0 heterocycles. The van der Waals surface area contributed by atoms with E-state index in [9.17, 15) is 0 Å². The van der Waals surface area contributed by atoms with Gasteiger partial charge in [0.1, 0.15) is 0 Å². The van der Waals surface area contributed by atoms with Crippen LogP contribution in [-0.4, -0.2) is 19.0 Å². The van der Waals surface area contributed by atoms with Crippen molar-refractivity contribution in [2.24, 2.45) is 4.99 Å². The van der Waals surface area contributed by atoms with Crippen molar-refractivity contribution in [3.63, 3.8) is 0 Å². The maximum atomic E-state index is 6.90. The summed E-state index contributed by atoms with van der Waals surface area (Å²) in [6.07, 6.45) is 3.20. The summed E-state index contributed by atoms with van der Waals surface area (Å²) in [7, 11) is 1.69. The van der Waals surface area contributed by atoms with Gasteiger partial charge in [0.25, 0.3) is 0 Å². The molecule has 50 valence electrons. The molecule has 0 aliphatic rings. The summed E-state index contributed by atoms with van der Waals surface area (Å²) < 4.78 is 0. The molecule has 2 nitrogen and oxygen atoms in total. The molecule has 0 saturated carbocycles. The Hall–Kier alpha value is -0.920. The molecule has 0 rings (SSSR count). The SMILES string of the molecule is C/C=C(C)\C(C=N)=N/C. The molecule has 0 aromatic carbocycles. The molecule has 0 bridgehead atoms. The van der Waals surface area contributed by atoms with E-state index in [1.54, 1.807) is 7.05 Å². The van der Waals surface area contributed by atoms with Gasteiger partial charge in [-0.25, -0.2) is 0 Å². The molecule has 2 heteroatoms. The lowest BCUT2D eigenvalue weighted by Crippen LogP contribution is -1.99. The van der Waals surface area contributed by atoms with Crippen LogP contribution >= 0.6 is 0 Å². The van der Waals surface area contributed by atoms with Gasteiger partial charge in [-0.1, -0.05) is 6.08 Å². The Morgan fingerprint density at radius 2 is 2.11 bits per heavy atom. The molecule has 0 spiro atoms. The van der Waals surface area contributed by atoms with Crippen molar-refractivity contribution in [3.8, 4) is 0 Å². The van der Waals surface area contributed by atoms with Crippen LogP contribution in [0, 0.1) is 5.41 Å². The van der Waals surface area contributed by atoms with Crippen molar-refractivity contribution in [1.29, 1.82) is 5.41 Å². The fourth-order valence-corrected chi connectivity index (χ4v) is 0.503. The Bertz CT molecular complexity index is 154. The zero-order valence-electron chi connectivity index (χ0n) is 6.10. The zero-order chi connectivity index (χ0) is 7.28. The highest BCUT2D eigenvalue weighted by Gasteiger charge is 1.91. The minimum Gasteiger partial charge on any atom is -0.307 e. The molecule has 0 amide bonds. The predicted molar refractivity (Wildman–Crippen MR) is 41.6 cm³/mol. The lowest BCUT2D eigenvalue weighted by Gasteiger charge is -1.94. The smallest absolute Gasteiger partial charge is 0.0772 e. The largest absolute Gasteiger partial charge is 0.307 e. The summed E-state index contributed by atoms with van der Waals surface area (Å²) in [5, 5.41) is 6.90. The van der Waals surface area contributed by atoms with Crippen LogP contribution in [0.25, 0.3) is 0 Å². The third-order valence-electron chi connectivity index (χ3n) is 1.21. The standard InChI is InChI=1S/C7H12N2/c1-4-6(2)7(5-8)9-3/h4-5,8H,1-3H3/b6-4-,8-5?,9-7-. The highest BCUT2D eigenvalue weighted by Crippen LogP contribution is 1.92. The first-order chi connectivity index (χ1) is 4.26. The second-order valence-electron chi connectivity index (χ2n) is 1.72. The van der Waals surface area contributed by atoms with Crippen LogP contribution in [0.15, 0.2) is 16.6 Å². The molecule has 0 aromatic heterocycles. The quantitative estimate of drug-likeness (QED) is 0.544. The van der Waals surface area contributed by atoms with Crippen LogP contribution in [0.3, 0.4) is 0 Å². The third-order valence-corrected chi connectivity index (χ3v) is 1.21. The molecule has 1 N–H and O–H groups in total. The van der Waals surface area contributed by atoms with Gasteiger partial charge in [-0.15, -0.1) is 0 Å². The van der Waals surface area contributed by atoms with E-state index in [2.05, 4.69) is 4.99 Å². The van der Waals surface area contributed by atoms with Crippen LogP contribution in [0.5, 0.6) is 0 Å². The lowest BCUT2D eigenvalue weighted by atomic mass is 10.2. The summed E-state index contributed by atoms with van der Waals surface area (Å²) in [6.45, 7) is 3.87. The molecule has 9 heavy (non-hydrogen) atoms. The summed E-state index contributed by atoms with van der Waals surface area (Å²) in [5.41, 5.74) is 1.80. The minimum absolute atomic E-state index is 0.748. The fourth-order valence-electron chi connectivity index (χ4n) is 0.503. The maximum Gasteiger partial charge on any atom is 0.0772 e. The van der Waals surface area contributed by atoms with E-state index >= 15 is 0 Å². The zero-order valence-corrected chi connectivity index (χ0v) is 6.10. The van der Waals surface area contributed by atoms with E-state index in [1.807, 2.05) is 19.9 Å². The number of nitrogens with one attached hydrogen (secondary N) is 1. The van der Waals surface area contributed by atoms with Crippen molar-refractivity contribution in [3.05, 3.63) is 11.6 Å². The van der Waals surface area contributed by atoms with Crippen LogP contribution in [0.2, 0.25) is 0 Å². The van der Waals surface area contributed by atoms with Crippen LogP contribution in [0.1, 0.15) is 13.8 Å². The van der Waals surface area contributed by atoms with Gasteiger partial charge >= 0.3 is 0 Å². The molecule has 0 aliphatic carbocycles.